The molecule has 2 heterocycles. The number of piperidine rings is 1. The molecule has 23 heavy (non-hydrogen) atoms. The van der Waals surface area contributed by atoms with Crippen LogP contribution < -0.4 is 4.74 Å². The number of thioether (sulfide) groups is 1. The molecule has 1 aromatic rings. The Kier molecular flexibility index (Phi) is 4.87. The minimum absolute atomic E-state index is 0.0330. The first-order valence-corrected chi connectivity index (χ1v) is 10.1. The molecular formula is C15H20FNO4S2. The highest BCUT2D eigenvalue weighted by molar-refractivity contribution is 8.00. The second-order valence-electron chi connectivity index (χ2n) is 5.54. The van der Waals surface area contributed by atoms with Crippen LogP contribution >= 0.6 is 11.8 Å². The van der Waals surface area contributed by atoms with Gasteiger partial charge >= 0.3 is 0 Å². The Hall–Kier alpha value is -0.830. The minimum Gasteiger partial charge on any atom is -0.491 e. The smallest absolute Gasteiger partial charge is 0.243 e. The topological polar surface area (TPSA) is 55.8 Å². The summed E-state index contributed by atoms with van der Waals surface area (Å²) in [6, 6.07) is 3.80. The average molecular weight is 361 g/mol. The van der Waals surface area contributed by atoms with Crippen LogP contribution in [0.15, 0.2) is 23.1 Å². The van der Waals surface area contributed by atoms with Gasteiger partial charge in [0.2, 0.25) is 10.0 Å². The van der Waals surface area contributed by atoms with Gasteiger partial charge in [-0.3, -0.25) is 0 Å². The van der Waals surface area contributed by atoms with Crippen LogP contribution in [0.3, 0.4) is 0 Å². The molecule has 0 amide bonds. The van der Waals surface area contributed by atoms with E-state index in [1.807, 2.05) is 0 Å². The van der Waals surface area contributed by atoms with Crippen LogP contribution in [0.1, 0.15) is 19.8 Å². The Morgan fingerprint density at radius 2 is 2.13 bits per heavy atom. The van der Waals surface area contributed by atoms with Crippen molar-refractivity contribution in [2.75, 3.05) is 32.1 Å². The summed E-state index contributed by atoms with van der Waals surface area (Å²) in [4.78, 5) is -0.259. The van der Waals surface area contributed by atoms with Gasteiger partial charge in [0.15, 0.2) is 11.6 Å². The van der Waals surface area contributed by atoms with Crippen LogP contribution in [0, 0.1) is 5.82 Å². The highest BCUT2D eigenvalue weighted by Gasteiger charge is 2.42. The van der Waals surface area contributed by atoms with Crippen LogP contribution in [-0.4, -0.2) is 49.7 Å². The third kappa shape index (κ3) is 3.35. The predicted octanol–water partition coefficient (Wildman–Crippen LogP) is 2.47. The number of halogens is 1. The van der Waals surface area contributed by atoms with E-state index in [1.54, 1.807) is 18.7 Å². The first-order valence-electron chi connectivity index (χ1n) is 7.67. The molecule has 5 nitrogen and oxygen atoms in total. The Bertz CT molecular complexity index is 664. The molecule has 0 bridgehead atoms. The molecule has 2 saturated heterocycles. The van der Waals surface area contributed by atoms with Crippen molar-refractivity contribution in [2.24, 2.45) is 0 Å². The van der Waals surface area contributed by atoms with E-state index in [0.29, 0.717) is 32.5 Å². The average Bonchev–Trinajstić information content (AvgIpc) is 2.98. The van der Waals surface area contributed by atoms with E-state index in [-0.39, 0.29) is 15.6 Å². The summed E-state index contributed by atoms with van der Waals surface area (Å²) in [5, 5.41) is 0. The number of rotatable bonds is 4. The molecule has 3 rings (SSSR count). The van der Waals surface area contributed by atoms with Crippen molar-refractivity contribution in [3.63, 3.8) is 0 Å². The summed E-state index contributed by atoms with van der Waals surface area (Å²) in [5.74, 6) is 0.368. The van der Waals surface area contributed by atoms with Gasteiger partial charge in [0, 0.05) is 18.8 Å². The molecule has 0 saturated carbocycles. The van der Waals surface area contributed by atoms with Gasteiger partial charge in [0.05, 0.1) is 18.1 Å². The molecule has 1 aromatic carbocycles. The number of hydrogen-bond donors (Lipinski definition) is 0. The first kappa shape index (κ1) is 17.0. The Morgan fingerprint density at radius 3 is 2.70 bits per heavy atom. The van der Waals surface area contributed by atoms with Crippen molar-refractivity contribution in [3.05, 3.63) is 24.0 Å². The van der Waals surface area contributed by atoms with Crippen LogP contribution in [0.2, 0.25) is 0 Å². The lowest BCUT2D eigenvalue weighted by molar-refractivity contribution is 0.0162. The van der Waals surface area contributed by atoms with Gasteiger partial charge in [0.1, 0.15) is 4.93 Å². The standard InChI is InChI=1S/C15H20FNO4S2/c1-2-20-14-4-3-12(11-13(14)16)23(18,19)17-7-5-15(6-8-17)21-9-10-22-15/h3-4,11H,2,5-10H2,1H3. The lowest BCUT2D eigenvalue weighted by Gasteiger charge is -2.37. The van der Waals surface area contributed by atoms with Crippen molar-refractivity contribution in [1.82, 2.24) is 4.31 Å². The number of benzene rings is 1. The molecule has 0 unspecified atom stereocenters. The third-order valence-electron chi connectivity index (χ3n) is 4.14. The van der Waals surface area contributed by atoms with Crippen LogP contribution in [0.25, 0.3) is 0 Å². The Balaban J connectivity index is 1.75. The molecule has 0 radical (unpaired) electrons. The van der Waals surface area contributed by atoms with Crippen molar-refractivity contribution < 1.29 is 22.3 Å². The molecule has 0 aromatic heterocycles. The molecule has 8 heteroatoms. The molecule has 2 aliphatic heterocycles. The summed E-state index contributed by atoms with van der Waals surface area (Å²) in [5.41, 5.74) is 0. The Morgan fingerprint density at radius 1 is 1.39 bits per heavy atom. The predicted molar refractivity (Wildman–Crippen MR) is 86.7 cm³/mol. The third-order valence-corrected chi connectivity index (χ3v) is 7.46. The second kappa shape index (κ2) is 6.58. The summed E-state index contributed by atoms with van der Waals surface area (Å²) < 4.78 is 51.6. The summed E-state index contributed by atoms with van der Waals surface area (Å²) >= 11 is 1.76. The number of ether oxygens (including phenoxy) is 2. The van der Waals surface area contributed by atoms with Crippen molar-refractivity contribution >= 4 is 21.8 Å². The number of nitrogens with zero attached hydrogens (tertiary/aromatic N) is 1. The zero-order chi connectivity index (χ0) is 16.5. The van der Waals surface area contributed by atoms with E-state index in [2.05, 4.69) is 0 Å². The van der Waals surface area contributed by atoms with Gasteiger partial charge in [-0.1, -0.05) is 0 Å². The monoisotopic (exact) mass is 361 g/mol. The van der Waals surface area contributed by atoms with Gasteiger partial charge in [-0.25, -0.2) is 12.8 Å². The molecule has 1 spiro atoms. The summed E-state index contributed by atoms with van der Waals surface area (Å²) in [6.45, 7) is 3.58. The summed E-state index contributed by atoms with van der Waals surface area (Å²) in [6.07, 6.45) is 1.33. The Labute approximate surface area is 140 Å². The zero-order valence-corrected chi connectivity index (χ0v) is 14.6. The molecular weight excluding hydrogens is 341 g/mol. The SMILES string of the molecule is CCOc1ccc(S(=O)(=O)N2CCC3(CC2)OCCS3)cc1F. The number of sulfonamides is 1. The van der Waals surface area contributed by atoms with Crippen molar-refractivity contribution in [3.8, 4) is 5.75 Å². The van der Waals surface area contributed by atoms with Gasteiger partial charge in [0.25, 0.3) is 0 Å². The lowest BCUT2D eigenvalue weighted by Crippen LogP contribution is -2.44. The van der Waals surface area contributed by atoms with E-state index < -0.39 is 15.8 Å². The number of hydrogen-bond acceptors (Lipinski definition) is 5. The van der Waals surface area contributed by atoms with Gasteiger partial charge < -0.3 is 9.47 Å². The van der Waals surface area contributed by atoms with E-state index in [4.69, 9.17) is 9.47 Å². The molecule has 2 aliphatic rings. The van der Waals surface area contributed by atoms with E-state index in [1.165, 1.54) is 16.4 Å². The fraction of sp³-hybridized carbons (Fsp3) is 0.600. The van der Waals surface area contributed by atoms with E-state index in [0.717, 1.165) is 18.4 Å². The van der Waals surface area contributed by atoms with Gasteiger partial charge in [-0.15, -0.1) is 11.8 Å². The quantitative estimate of drug-likeness (QED) is 0.825. The maximum atomic E-state index is 13.9. The minimum atomic E-state index is -3.69. The van der Waals surface area contributed by atoms with E-state index >= 15 is 0 Å². The van der Waals surface area contributed by atoms with Crippen LogP contribution in [-0.2, 0) is 14.8 Å². The van der Waals surface area contributed by atoms with E-state index in [9.17, 15) is 12.8 Å². The van der Waals surface area contributed by atoms with Crippen molar-refractivity contribution in [2.45, 2.75) is 29.6 Å². The maximum Gasteiger partial charge on any atom is 0.243 e. The molecule has 2 fully saturated rings. The molecule has 0 N–H and O–H groups in total. The normalized spacial score (nSPS) is 21.7. The maximum absolute atomic E-state index is 13.9. The fourth-order valence-electron chi connectivity index (χ4n) is 2.92. The van der Waals surface area contributed by atoms with Crippen LogP contribution in [0.5, 0.6) is 5.75 Å². The highest BCUT2D eigenvalue weighted by atomic mass is 32.2. The zero-order valence-electron chi connectivity index (χ0n) is 13.0. The largest absolute Gasteiger partial charge is 0.491 e. The van der Waals surface area contributed by atoms with Crippen LogP contribution in [0.4, 0.5) is 4.39 Å². The first-order chi connectivity index (χ1) is 11.0. The molecule has 128 valence electrons. The lowest BCUT2D eigenvalue weighted by atomic mass is 10.1. The fourth-order valence-corrected chi connectivity index (χ4v) is 5.55. The van der Waals surface area contributed by atoms with Gasteiger partial charge in [-0.05, 0) is 38.0 Å². The second-order valence-corrected chi connectivity index (χ2v) is 8.92. The molecule has 0 atom stereocenters. The molecule has 0 aliphatic carbocycles. The van der Waals surface area contributed by atoms with Gasteiger partial charge in [-0.2, -0.15) is 4.31 Å². The highest BCUT2D eigenvalue weighted by Crippen LogP contribution is 2.42. The summed E-state index contributed by atoms with van der Waals surface area (Å²) in [7, 11) is -3.69. The van der Waals surface area contributed by atoms with Crippen molar-refractivity contribution in [1.29, 1.82) is 0 Å².